The fraction of sp³-hybridized carbons (Fsp3) is 0.529. The molecule has 0 saturated carbocycles. The smallest absolute Gasteiger partial charge is 0.242 e. The van der Waals surface area contributed by atoms with Crippen molar-refractivity contribution < 1.29 is 9.59 Å². The van der Waals surface area contributed by atoms with E-state index in [0.717, 1.165) is 18.7 Å². The van der Waals surface area contributed by atoms with Crippen molar-refractivity contribution in [3.8, 4) is 0 Å². The van der Waals surface area contributed by atoms with E-state index in [9.17, 15) is 9.59 Å². The summed E-state index contributed by atoms with van der Waals surface area (Å²) >= 11 is 0. The number of likely N-dealkylation sites (N-methyl/N-ethyl adjacent to an activating group) is 1. The molecule has 0 spiro atoms. The summed E-state index contributed by atoms with van der Waals surface area (Å²) in [5, 5.41) is 3.22. The molecular weight excluding hydrogens is 278 g/mol. The molecule has 0 aliphatic carbocycles. The van der Waals surface area contributed by atoms with Crippen LogP contribution in [-0.2, 0) is 15.0 Å². The van der Waals surface area contributed by atoms with Crippen LogP contribution in [0.15, 0.2) is 30.3 Å². The lowest BCUT2D eigenvalue weighted by atomic mass is 9.83. The van der Waals surface area contributed by atoms with Crippen molar-refractivity contribution in [2.45, 2.75) is 19.3 Å². The summed E-state index contributed by atoms with van der Waals surface area (Å²) in [6.45, 7) is 6.99. The highest BCUT2D eigenvalue weighted by atomic mass is 16.2. The first-order valence-corrected chi connectivity index (χ1v) is 7.72. The number of carbonyl (C=O) groups is 2. The van der Waals surface area contributed by atoms with E-state index >= 15 is 0 Å². The van der Waals surface area contributed by atoms with E-state index in [1.165, 1.54) is 4.90 Å². The van der Waals surface area contributed by atoms with Crippen LogP contribution in [-0.4, -0.2) is 61.4 Å². The van der Waals surface area contributed by atoms with E-state index in [4.69, 9.17) is 0 Å². The van der Waals surface area contributed by atoms with Crippen molar-refractivity contribution >= 4 is 11.8 Å². The van der Waals surface area contributed by atoms with Crippen molar-refractivity contribution in [2.75, 3.05) is 39.8 Å². The van der Waals surface area contributed by atoms with Crippen LogP contribution in [0.1, 0.15) is 19.4 Å². The first-order valence-electron chi connectivity index (χ1n) is 7.72. The summed E-state index contributed by atoms with van der Waals surface area (Å²) in [7, 11) is 1.70. The maximum Gasteiger partial charge on any atom is 0.242 e. The molecule has 1 saturated heterocycles. The van der Waals surface area contributed by atoms with Crippen LogP contribution < -0.4 is 5.32 Å². The molecule has 1 aromatic rings. The molecule has 1 aromatic carbocycles. The Kier molecular flexibility index (Phi) is 5.19. The molecule has 5 heteroatoms. The minimum Gasteiger partial charge on any atom is -0.339 e. The van der Waals surface area contributed by atoms with Gasteiger partial charge in [-0.1, -0.05) is 30.3 Å². The van der Waals surface area contributed by atoms with Gasteiger partial charge in [-0.2, -0.15) is 0 Å². The Morgan fingerprint density at radius 1 is 1.18 bits per heavy atom. The van der Waals surface area contributed by atoms with Gasteiger partial charge in [-0.3, -0.25) is 9.59 Å². The highest BCUT2D eigenvalue weighted by Gasteiger charge is 2.33. The molecule has 1 aliphatic heterocycles. The number of nitrogens with zero attached hydrogens (tertiary/aromatic N) is 2. The third kappa shape index (κ3) is 3.65. The summed E-state index contributed by atoms with van der Waals surface area (Å²) in [6.07, 6.45) is 0. The number of hydrogen-bond donors (Lipinski definition) is 1. The largest absolute Gasteiger partial charge is 0.339 e. The second-order valence-electron chi connectivity index (χ2n) is 6.28. The van der Waals surface area contributed by atoms with Gasteiger partial charge >= 0.3 is 0 Å². The summed E-state index contributed by atoms with van der Waals surface area (Å²) in [5.74, 6) is -0.0246. The minimum atomic E-state index is -0.639. The van der Waals surface area contributed by atoms with Gasteiger partial charge in [0.1, 0.15) is 0 Å². The van der Waals surface area contributed by atoms with Gasteiger partial charge < -0.3 is 15.1 Å². The van der Waals surface area contributed by atoms with Crippen molar-refractivity contribution in [1.29, 1.82) is 0 Å². The molecule has 0 unspecified atom stereocenters. The zero-order chi connectivity index (χ0) is 16.2. The van der Waals surface area contributed by atoms with E-state index in [2.05, 4.69) is 5.32 Å². The van der Waals surface area contributed by atoms with E-state index in [1.807, 2.05) is 49.1 Å². The number of rotatable bonds is 4. The number of nitrogens with one attached hydrogen (secondary N) is 1. The summed E-state index contributed by atoms with van der Waals surface area (Å²) in [5.41, 5.74) is 0.321. The molecule has 2 amide bonds. The maximum atomic E-state index is 12.7. The van der Waals surface area contributed by atoms with Gasteiger partial charge in [0.2, 0.25) is 11.8 Å². The Hall–Kier alpha value is -1.88. The Bertz CT molecular complexity index is 522. The average Bonchev–Trinajstić information content (AvgIpc) is 2.55. The Balaban J connectivity index is 2.00. The molecule has 1 aliphatic rings. The highest BCUT2D eigenvalue weighted by molar-refractivity contribution is 5.90. The van der Waals surface area contributed by atoms with Gasteiger partial charge in [0.05, 0.1) is 12.0 Å². The normalized spacial score (nSPS) is 15.5. The molecule has 5 nitrogen and oxygen atoms in total. The van der Waals surface area contributed by atoms with E-state index in [-0.39, 0.29) is 18.4 Å². The van der Waals surface area contributed by atoms with Gasteiger partial charge in [-0.15, -0.1) is 0 Å². The van der Waals surface area contributed by atoms with Crippen LogP contribution in [0.5, 0.6) is 0 Å². The quantitative estimate of drug-likeness (QED) is 0.897. The third-order valence-corrected chi connectivity index (χ3v) is 4.22. The average molecular weight is 303 g/mol. The number of benzene rings is 1. The van der Waals surface area contributed by atoms with Crippen LogP contribution in [0.3, 0.4) is 0 Å². The summed E-state index contributed by atoms with van der Waals surface area (Å²) in [4.78, 5) is 28.4. The van der Waals surface area contributed by atoms with Gasteiger partial charge in [0, 0.05) is 33.2 Å². The molecule has 0 atom stereocenters. The molecule has 0 radical (unpaired) electrons. The number of carbonyl (C=O) groups excluding carboxylic acids is 2. The van der Waals surface area contributed by atoms with Crippen molar-refractivity contribution in [3.05, 3.63) is 35.9 Å². The number of piperazine rings is 1. The minimum absolute atomic E-state index is 0.0150. The van der Waals surface area contributed by atoms with Crippen LogP contribution in [0, 0.1) is 0 Å². The van der Waals surface area contributed by atoms with Crippen LogP contribution >= 0.6 is 0 Å². The number of amides is 2. The molecule has 0 aromatic heterocycles. The SMILES string of the molecule is CN(CC(=O)N1CCNCC1)C(=O)C(C)(C)c1ccccc1. The first kappa shape index (κ1) is 16.5. The molecule has 2 rings (SSSR count). The fourth-order valence-corrected chi connectivity index (χ4v) is 2.74. The zero-order valence-electron chi connectivity index (χ0n) is 13.6. The predicted octanol–water partition coefficient (Wildman–Crippen LogP) is 0.854. The Morgan fingerprint density at radius 3 is 2.36 bits per heavy atom. The zero-order valence-corrected chi connectivity index (χ0v) is 13.6. The molecule has 0 bridgehead atoms. The highest BCUT2D eigenvalue weighted by Crippen LogP contribution is 2.25. The van der Waals surface area contributed by atoms with Crippen LogP contribution in [0.2, 0.25) is 0 Å². The standard InChI is InChI=1S/C17H25N3O2/c1-17(2,14-7-5-4-6-8-14)16(22)19(3)13-15(21)20-11-9-18-10-12-20/h4-8,18H,9-13H2,1-3H3. The second kappa shape index (κ2) is 6.92. The fourth-order valence-electron chi connectivity index (χ4n) is 2.74. The van der Waals surface area contributed by atoms with Crippen molar-refractivity contribution in [2.24, 2.45) is 0 Å². The second-order valence-corrected chi connectivity index (χ2v) is 6.28. The third-order valence-electron chi connectivity index (χ3n) is 4.22. The van der Waals surface area contributed by atoms with E-state index in [0.29, 0.717) is 13.1 Å². The van der Waals surface area contributed by atoms with Gasteiger partial charge in [-0.25, -0.2) is 0 Å². The van der Waals surface area contributed by atoms with Crippen LogP contribution in [0.4, 0.5) is 0 Å². The van der Waals surface area contributed by atoms with Crippen molar-refractivity contribution in [3.63, 3.8) is 0 Å². The summed E-state index contributed by atoms with van der Waals surface area (Å²) < 4.78 is 0. The van der Waals surface area contributed by atoms with Gasteiger partial charge in [-0.05, 0) is 19.4 Å². The van der Waals surface area contributed by atoms with Crippen LogP contribution in [0.25, 0.3) is 0 Å². The van der Waals surface area contributed by atoms with Gasteiger partial charge in [0.25, 0.3) is 0 Å². The molecule has 1 heterocycles. The Labute approximate surface area is 132 Å². The lowest BCUT2D eigenvalue weighted by Gasteiger charge is -2.32. The predicted molar refractivity (Wildman–Crippen MR) is 86.6 cm³/mol. The van der Waals surface area contributed by atoms with E-state index in [1.54, 1.807) is 7.05 Å². The lowest BCUT2D eigenvalue weighted by Crippen LogP contribution is -2.51. The topological polar surface area (TPSA) is 52.7 Å². The maximum absolute atomic E-state index is 12.7. The molecular formula is C17H25N3O2. The molecule has 1 fully saturated rings. The molecule has 1 N–H and O–H groups in total. The molecule has 120 valence electrons. The van der Waals surface area contributed by atoms with E-state index < -0.39 is 5.41 Å². The molecule has 22 heavy (non-hydrogen) atoms. The lowest BCUT2D eigenvalue weighted by molar-refractivity contribution is -0.142. The first-order chi connectivity index (χ1) is 10.4. The Morgan fingerprint density at radius 2 is 1.77 bits per heavy atom. The van der Waals surface area contributed by atoms with Gasteiger partial charge in [0.15, 0.2) is 0 Å². The number of hydrogen-bond acceptors (Lipinski definition) is 3. The van der Waals surface area contributed by atoms with Crippen molar-refractivity contribution in [1.82, 2.24) is 15.1 Å². The summed E-state index contributed by atoms with van der Waals surface area (Å²) in [6, 6.07) is 9.68. The monoisotopic (exact) mass is 303 g/mol.